The zero-order valence-corrected chi connectivity index (χ0v) is 7.97. The molecule has 1 saturated carbocycles. The largest absolute Gasteiger partial charge is 0.457 e. The minimum Gasteiger partial charge on any atom is -0.457 e. The lowest BCUT2D eigenvalue weighted by atomic mass is 9.82. The fourth-order valence-corrected chi connectivity index (χ4v) is 2.13. The van der Waals surface area contributed by atoms with Crippen molar-refractivity contribution < 1.29 is 24.5 Å². The van der Waals surface area contributed by atoms with Crippen molar-refractivity contribution in [2.24, 2.45) is 0 Å². The second kappa shape index (κ2) is 3.18. The van der Waals surface area contributed by atoms with E-state index in [1.54, 1.807) is 6.92 Å². The molecule has 0 radical (unpaired) electrons. The molecule has 0 aromatic carbocycles. The van der Waals surface area contributed by atoms with Crippen LogP contribution in [0.25, 0.3) is 0 Å². The average molecular weight is 202 g/mol. The molecule has 5 heteroatoms. The van der Waals surface area contributed by atoms with Gasteiger partial charge < -0.3 is 19.7 Å². The van der Waals surface area contributed by atoms with Gasteiger partial charge in [0.05, 0.1) is 6.10 Å². The second-order valence-electron chi connectivity index (χ2n) is 3.87. The third-order valence-electron chi connectivity index (χ3n) is 2.86. The average Bonchev–Trinajstić information content (AvgIpc) is 2.37. The molecule has 2 N–H and O–H groups in total. The lowest BCUT2D eigenvalue weighted by Gasteiger charge is -2.33. The monoisotopic (exact) mass is 202 g/mol. The van der Waals surface area contributed by atoms with Gasteiger partial charge in [0.25, 0.3) is 0 Å². The summed E-state index contributed by atoms with van der Waals surface area (Å²) < 4.78 is 10.1. The van der Waals surface area contributed by atoms with Gasteiger partial charge in [0, 0.05) is 19.4 Å². The predicted octanol–water partition coefficient (Wildman–Crippen LogP) is -0.797. The number of ether oxygens (including phenoxy) is 2. The molecule has 1 aliphatic carbocycles. The molecule has 0 aromatic heterocycles. The van der Waals surface area contributed by atoms with Crippen molar-refractivity contribution in [2.45, 2.75) is 43.7 Å². The molecule has 1 aliphatic heterocycles. The minimum atomic E-state index is -1.44. The third-order valence-corrected chi connectivity index (χ3v) is 2.86. The van der Waals surface area contributed by atoms with Crippen molar-refractivity contribution in [3.05, 3.63) is 0 Å². The maximum atomic E-state index is 11.2. The maximum Gasteiger partial charge on any atom is 0.338 e. The van der Waals surface area contributed by atoms with Crippen LogP contribution in [0.5, 0.6) is 0 Å². The maximum absolute atomic E-state index is 11.2. The Kier molecular flexibility index (Phi) is 2.25. The smallest absolute Gasteiger partial charge is 0.338 e. The molecule has 2 aliphatic rings. The van der Waals surface area contributed by atoms with Crippen LogP contribution in [-0.4, -0.2) is 46.7 Å². The topological polar surface area (TPSA) is 76.0 Å². The van der Waals surface area contributed by atoms with Gasteiger partial charge in [0.2, 0.25) is 0 Å². The highest BCUT2D eigenvalue weighted by molar-refractivity contribution is 5.82. The summed E-state index contributed by atoms with van der Waals surface area (Å²) in [6.45, 7) is 2.24. The number of aliphatic hydroxyl groups is 2. The molecule has 14 heavy (non-hydrogen) atoms. The Bertz CT molecular complexity index is 254. The van der Waals surface area contributed by atoms with Gasteiger partial charge in [-0.25, -0.2) is 4.79 Å². The highest BCUT2D eigenvalue weighted by Gasteiger charge is 2.57. The molecule has 80 valence electrons. The van der Waals surface area contributed by atoms with Crippen molar-refractivity contribution in [1.82, 2.24) is 0 Å². The lowest BCUT2D eigenvalue weighted by Crippen LogP contribution is -2.49. The Morgan fingerprint density at radius 3 is 3.00 bits per heavy atom. The standard InChI is InChI=1S/C9H14O5/c1-2-13-5-3-9(12)4-6(7(5)10)14-8(9)11/h5-7,10,12H,2-4H2,1H3/t5-,6-,7-,9+/m1/s1. The summed E-state index contributed by atoms with van der Waals surface area (Å²) in [5.74, 6) is -0.635. The van der Waals surface area contributed by atoms with E-state index in [0.29, 0.717) is 6.61 Å². The van der Waals surface area contributed by atoms with Gasteiger partial charge in [0.1, 0.15) is 12.2 Å². The number of aliphatic hydroxyl groups excluding tert-OH is 1. The van der Waals surface area contributed by atoms with Gasteiger partial charge in [-0.1, -0.05) is 0 Å². The molecule has 0 unspecified atom stereocenters. The van der Waals surface area contributed by atoms with Crippen LogP contribution < -0.4 is 0 Å². The van der Waals surface area contributed by atoms with Gasteiger partial charge in [0.15, 0.2) is 5.60 Å². The van der Waals surface area contributed by atoms with Crippen LogP contribution in [0.3, 0.4) is 0 Å². The van der Waals surface area contributed by atoms with Crippen LogP contribution in [0.15, 0.2) is 0 Å². The van der Waals surface area contributed by atoms with E-state index in [-0.39, 0.29) is 12.8 Å². The summed E-state index contributed by atoms with van der Waals surface area (Å²) in [5.41, 5.74) is -1.44. The molecule has 0 aromatic rings. The van der Waals surface area contributed by atoms with E-state index in [1.807, 2.05) is 0 Å². The van der Waals surface area contributed by atoms with Crippen molar-refractivity contribution in [3.8, 4) is 0 Å². The van der Waals surface area contributed by atoms with Gasteiger partial charge in [-0.15, -0.1) is 0 Å². The Morgan fingerprint density at radius 2 is 2.36 bits per heavy atom. The Balaban J connectivity index is 2.16. The minimum absolute atomic E-state index is 0.122. The highest BCUT2D eigenvalue weighted by Crippen LogP contribution is 2.39. The number of esters is 1. The van der Waals surface area contributed by atoms with E-state index in [2.05, 4.69) is 0 Å². The van der Waals surface area contributed by atoms with Crippen LogP contribution >= 0.6 is 0 Å². The summed E-state index contributed by atoms with van der Waals surface area (Å²) in [7, 11) is 0. The number of hydrogen-bond acceptors (Lipinski definition) is 5. The van der Waals surface area contributed by atoms with Crippen LogP contribution in [0.1, 0.15) is 19.8 Å². The van der Waals surface area contributed by atoms with Crippen LogP contribution in [-0.2, 0) is 14.3 Å². The summed E-state index contributed by atoms with van der Waals surface area (Å²) in [5, 5.41) is 19.5. The molecule has 4 atom stereocenters. The number of carbonyl (C=O) groups excluding carboxylic acids is 1. The second-order valence-corrected chi connectivity index (χ2v) is 3.87. The van der Waals surface area contributed by atoms with Crippen molar-refractivity contribution in [1.29, 1.82) is 0 Å². The molecule has 1 saturated heterocycles. The van der Waals surface area contributed by atoms with Crippen molar-refractivity contribution in [2.75, 3.05) is 6.61 Å². The quantitative estimate of drug-likeness (QED) is 0.573. The molecule has 0 amide bonds. The summed E-state index contributed by atoms with van der Waals surface area (Å²) in [6, 6.07) is 0. The Hall–Kier alpha value is -0.650. The molecule has 0 spiro atoms. The van der Waals surface area contributed by atoms with E-state index in [9.17, 15) is 15.0 Å². The molecule has 1 heterocycles. The number of hydrogen-bond donors (Lipinski definition) is 2. The van der Waals surface area contributed by atoms with E-state index in [4.69, 9.17) is 9.47 Å². The first-order valence-electron chi connectivity index (χ1n) is 4.80. The summed E-state index contributed by atoms with van der Waals surface area (Å²) in [4.78, 5) is 11.2. The lowest BCUT2D eigenvalue weighted by molar-refractivity contribution is -0.154. The highest BCUT2D eigenvalue weighted by atomic mass is 16.6. The summed E-state index contributed by atoms with van der Waals surface area (Å²) in [6.07, 6.45) is -1.64. The van der Waals surface area contributed by atoms with E-state index in [0.717, 1.165) is 0 Å². The van der Waals surface area contributed by atoms with E-state index < -0.39 is 29.9 Å². The van der Waals surface area contributed by atoms with Crippen LogP contribution in [0.4, 0.5) is 0 Å². The van der Waals surface area contributed by atoms with Crippen molar-refractivity contribution >= 4 is 5.97 Å². The first-order valence-corrected chi connectivity index (χ1v) is 4.80. The SMILES string of the molecule is CCO[C@@H]1C[C@]2(O)C[C@@H](OC2=O)[C@@H]1O. The first-order chi connectivity index (χ1) is 6.57. The van der Waals surface area contributed by atoms with Crippen LogP contribution in [0, 0.1) is 0 Å². The van der Waals surface area contributed by atoms with Gasteiger partial charge in [-0.3, -0.25) is 0 Å². The predicted molar refractivity (Wildman–Crippen MR) is 45.5 cm³/mol. The normalized spacial score (nSPS) is 46.5. The molecular formula is C9H14O5. The first kappa shape index (κ1) is 9.89. The Morgan fingerprint density at radius 1 is 1.64 bits per heavy atom. The molecule has 2 fully saturated rings. The number of carbonyl (C=O) groups is 1. The van der Waals surface area contributed by atoms with Gasteiger partial charge in [-0.2, -0.15) is 0 Å². The Labute approximate surface area is 81.6 Å². The molecule has 5 nitrogen and oxygen atoms in total. The van der Waals surface area contributed by atoms with Crippen LogP contribution in [0.2, 0.25) is 0 Å². The zero-order chi connectivity index (χ0) is 10.3. The zero-order valence-electron chi connectivity index (χ0n) is 7.97. The van der Waals surface area contributed by atoms with Gasteiger partial charge >= 0.3 is 5.97 Å². The van der Waals surface area contributed by atoms with Gasteiger partial charge in [-0.05, 0) is 6.92 Å². The molecular weight excluding hydrogens is 188 g/mol. The van der Waals surface area contributed by atoms with E-state index >= 15 is 0 Å². The molecule has 2 rings (SSSR count). The fourth-order valence-electron chi connectivity index (χ4n) is 2.13. The van der Waals surface area contributed by atoms with E-state index in [1.165, 1.54) is 0 Å². The third kappa shape index (κ3) is 1.32. The molecule has 2 bridgehead atoms. The number of rotatable bonds is 2. The number of fused-ring (bicyclic) bond motifs is 2. The summed E-state index contributed by atoms with van der Waals surface area (Å²) >= 11 is 0. The van der Waals surface area contributed by atoms with Crippen molar-refractivity contribution in [3.63, 3.8) is 0 Å². The fraction of sp³-hybridized carbons (Fsp3) is 0.889.